The molecule has 1 saturated heterocycles. The van der Waals surface area contributed by atoms with E-state index in [9.17, 15) is 4.79 Å². The van der Waals surface area contributed by atoms with Gasteiger partial charge in [0.05, 0.1) is 11.7 Å². The Morgan fingerprint density at radius 1 is 1.68 bits per heavy atom. The SMILES string of the molecule is COC1CCN(C(=O)c2ncccc2C#CCO)C1. The maximum absolute atomic E-state index is 12.4. The van der Waals surface area contributed by atoms with E-state index < -0.39 is 0 Å². The molecule has 1 amide bonds. The van der Waals surface area contributed by atoms with Gasteiger partial charge in [0, 0.05) is 26.4 Å². The van der Waals surface area contributed by atoms with Crippen molar-refractivity contribution in [3.8, 4) is 11.8 Å². The summed E-state index contributed by atoms with van der Waals surface area (Å²) in [5, 5.41) is 8.73. The molecule has 19 heavy (non-hydrogen) atoms. The molecule has 0 spiro atoms. The third-order valence-corrected chi connectivity index (χ3v) is 3.08. The number of rotatable bonds is 2. The summed E-state index contributed by atoms with van der Waals surface area (Å²) in [6.45, 7) is 1.01. The van der Waals surface area contributed by atoms with Crippen LogP contribution in [0.1, 0.15) is 22.5 Å². The average molecular weight is 260 g/mol. The summed E-state index contributed by atoms with van der Waals surface area (Å²) < 4.78 is 5.25. The number of amides is 1. The van der Waals surface area contributed by atoms with Gasteiger partial charge in [-0.15, -0.1) is 0 Å². The largest absolute Gasteiger partial charge is 0.384 e. The third-order valence-electron chi connectivity index (χ3n) is 3.08. The second-order valence-electron chi connectivity index (χ2n) is 4.26. The molecule has 2 heterocycles. The van der Waals surface area contributed by atoms with Gasteiger partial charge in [0.1, 0.15) is 12.3 Å². The highest BCUT2D eigenvalue weighted by Crippen LogP contribution is 2.16. The van der Waals surface area contributed by atoms with Crippen molar-refractivity contribution < 1.29 is 14.6 Å². The van der Waals surface area contributed by atoms with E-state index in [4.69, 9.17) is 9.84 Å². The Hall–Kier alpha value is -1.90. The molecule has 0 aliphatic carbocycles. The summed E-state index contributed by atoms with van der Waals surface area (Å²) in [4.78, 5) is 18.2. The summed E-state index contributed by atoms with van der Waals surface area (Å²) in [5.41, 5.74) is 0.877. The summed E-state index contributed by atoms with van der Waals surface area (Å²) in [6, 6.07) is 3.45. The predicted molar refractivity (Wildman–Crippen MR) is 69.5 cm³/mol. The van der Waals surface area contributed by atoms with Crippen molar-refractivity contribution in [3.63, 3.8) is 0 Å². The maximum atomic E-state index is 12.4. The van der Waals surface area contributed by atoms with E-state index in [2.05, 4.69) is 16.8 Å². The number of ether oxygens (including phenoxy) is 1. The highest BCUT2D eigenvalue weighted by Gasteiger charge is 2.28. The van der Waals surface area contributed by atoms with Crippen molar-refractivity contribution in [1.82, 2.24) is 9.88 Å². The fourth-order valence-corrected chi connectivity index (χ4v) is 2.07. The number of aromatic nitrogens is 1. The Balaban J connectivity index is 2.20. The van der Waals surface area contributed by atoms with Crippen LogP contribution < -0.4 is 0 Å². The van der Waals surface area contributed by atoms with E-state index in [-0.39, 0.29) is 18.6 Å². The van der Waals surface area contributed by atoms with E-state index in [1.807, 2.05) is 0 Å². The second kappa shape index (κ2) is 6.32. The lowest BCUT2D eigenvalue weighted by atomic mass is 10.2. The molecule has 0 saturated carbocycles. The van der Waals surface area contributed by atoms with Gasteiger partial charge in [0.25, 0.3) is 5.91 Å². The molecule has 0 bridgehead atoms. The van der Waals surface area contributed by atoms with Crippen LogP contribution in [0.3, 0.4) is 0 Å². The molecule has 0 radical (unpaired) electrons. The van der Waals surface area contributed by atoms with Gasteiger partial charge in [-0.3, -0.25) is 4.79 Å². The first-order valence-corrected chi connectivity index (χ1v) is 6.13. The molecule has 2 rings (SSSR count). The van der Waals surface area contributed by atoms with Gasteiger partial charge in [-0.25, -0.2) is 4.98 Å². The van der Waals surface area contributed by atoms with Crippen molar-refractivity contribution in [3.05, 3.63) is 29.6 Å². The Bertz CT molecular complexity index is 519. The minimum atomic E-state index is -0.238. The van der Waals surface area contributed by atoms with E-state index >= 15 is 0 Å². The quantitative estimate of drug-likeness (QED) is 0.776. The van der Waals surface area contributed by atoms with Crippen molar-refractivity contribution >= 4 is 5.91 Å². The number of carbonyl (C=O) groups is 1. The number of likely N-dealkylation sites (tertiary alicyclic amines) is 1. The van der Waals surface area contributed by atoms with Crippen LogP contribution >= 0.6 is 0 Å². The van der Waals surface area contributed by atoms with Gasteiger partial charge in [-0.1, -0.05) is 11.8 Å². The van der Waals surface area contributed by atoms with Crippen LogP contribution in [0.5, 0.6) is 0 Å². The van der Waals surface area contributed by atoms with E-state index in [0.717, 1.165) is 6.42 Å². The van der Waals surface area contributed by atoms with Crippen LogP contribution in [-0.2, 0) is 4.74 Å². The topological polar surface area (TPSA) is 62.7 Å². The Kier molecular flexibility index (Phi) is 4.50. The van der Waals surface area contributed by atoms with Crippen LogP contribution in [0.15, 0.2) is 18.3 Å². The fraction of sp³-hybridized carbons (Fsp3) is 0.429. The first-order chi connectivity index (χ1) is 9.26. The fourth-order valence-electron chi connectivity index (χ4n) is 2.07. The van der Waals surface area contributed by atoms with Crippen LogP contribution in [-0.4, -0.2) is 53.8 Å². The zero-order chi connectivity index (χ0) is 13.7. The Labute approximate surface area is 112 Å². The van der Waals surface area contributed by atoms with E-state index in [1.165, 1.54) is 0 Å². The monoisotopic (exact) mass is 260 g/mol. The van der Waals surface area contributed by atoms with Crippen LogP contribution in [0.4, 0.5) is 0 Å². The highest BCUT2D eigenvalue weighted by atomic mass is 16.5. The summed E-state index contributed by atoms with van der Waals surface area (Å²) in [5.74, 6) is 5.16. The molecular formula is C14H16N2O3. The smallest absolute Gasteiger partial charge is 0.273 e. The number of aliphatic hydroxyl groups excluding tert-OH is 1. The van der Waals surface area contributed by atoms with Gasteiger partial charge in [0.15, 0.2) is 0 Å². The number of hydrogen-bond acceptors (Lipinski definition) is 4. The molecule has 1 unspecified atom stereocenters. The van der Waals surface area contributed by atoms with Crippen molar-refractivity contribution in [2.45, 2.75) is 12.5 Å². The number of carbonyl (C=O) groups excluding carboxylic acids is 1. The van der Waals surface area contributed by atoms with Gasteiger partial charge in [0.2, 0.25) is 0 Å². The number of pyridine rings is 1. The zero-order valence-electron chi connectivity index (χ0n) is 10.8. The van der Waals surface area contributed by atoms with Gasteiger partial charge in [-0.05, 0) is 18.6 Å². The summed E-state index contributed by atoms with van der Waals surface area (Å²) in [7, 11) is 1.65. The number of aliphatic hydroxyl groups is 1. The molecule has 1 aromatic rings. The summed E-state index contributed by atoms with van der Waals surface area (Å²) >= 11 is 0. The van der Waals surface area contributed by atoms with Crippen molar-refractivity contribution in [2.75, 3.05) is 26.8 Å². The highest BCUT2D eigenvalue weighted by molar-refractivity contribution is 5.95. The maximum Gasteiger partial charge on any atom is 0.273 e. The lowest BCUT2D eigenvalue weighted by Crippen LogP contribution is -2.31. The number of hydrogen-bond donors (Lipinski definition) is 1. The average Bonchev–Trinajstić information content (AvgIpc) is 2.93. The molecular weight excluding hydrogens is 244 g/mol. The van der Waals surface area contributed by atoms with Crippen LogP contribution in [0.2, 0.25) is 0 Å². The standard InChI is InChI=1S/C14H16N2O3/c1-19-12-6-8-16(10-12)14(18)13-11(5-3-9-17)4-2-7-15-13/h2,4,7,12,17H,6,8-10H2,1H3. The molecule has 1 fully saturated rings. The molecule has 1 N–H and O–H groups in total. The Morgan fingerprint density at radius 2 is 2.53 bits per heavy atom. The van der Waals surface area contributed by atoms with Crippen LogP contribution in [0, 0.1) is 11.8 Å². The van der Waals surface area contributed by atoms with Gasteiger partial charge < -0.3 is 14.7 Å². The predicted octanol–water partition coefficient (Wildman–Crippen LogP) is 0.286. The van der Waals surface area contributed by atoms with Crippen molar-refractivity contribution in [1.29, 1.82) is 0 Å². The van der Waals surface area contributed by atoms with Gasteiger partial charge >= 0.3 is 0 Å². The molecule has 1 aliphatic rings. The van der Waals surface area contributed by atoms with Crippen molar-refractivity contribution in [2.24, 2.45) is 0 Å². The van der Waals surface area contributed by atoms with E-state index in [1.54, 1.807) is 30.3 Å². The lowest BCUT2D eigenvalue weighted by Gasteiger charge is -2.16. The zero-order valence-corrected chi connectivity index (χ0v) is 10.8. The lowest BCUT2D eigenvalue weighted by molar-refractivity contribution is 0.0718. The number of methoxy groups -OCH3 is 1. The molecule has 1 atom stereocenters. The molecule has 100 valence electrons. The molecule has 1 aromatic heterocycles. The van der Waals surface area contributed by atoms with E-state index in [0.29, 0.717) is 24.3 Å². The second-order valence-corrected chi connectivity index (χ2v) is 4.26. The third kappa shape index (κ3) is 3.11. The molecule has 5 heteroatoms. The first kappa shape index (κ1) is 13.5. The van der Waals surface area contributed by atoms with Crippen LogP contribution in [0.25, 0.3) is 0 Å². The minimum Gasteiger partial charge on any atom is -0.384 e. The number of nitrogens with zero attached hydrogens (tertiary/aromatic N) is 2. The molecule has 5 nitrogen and oxygen atoms in total. The normalized spacial score (nSPS) is 18.0. The molecule has 0 aromatic carbocycles. The van der Waals surface area contributed by atoms with Gasteiger partial charge in [-0.2, -0.15) is 0 Å². The minimum absolute atomic E-state index is 0.0969. The molecule has 1 aliphatic heterocycles. The Morgan fingerprint density at radius 3 is 3.21 bits per heavy atom. The first-order valence-electron chi connectivity index (χ1n) is 6.13. The summed E-state index contributed by atoms with van der Waals surface area (Å²) in [6.07, 6.45) is 2.51.